The van der Waals surface area contributed by atoms with Crippen molar-refractivity contribution in [1.29, 1.82) is 0 Å². The summed E-state index contributed by atoms with van der Waals surface area (Å²) in [4.78, 5) is 53.9. The zero-order valence-electron chi connectivity index (χ0n) is 30.7. The molecule has 2 aliphatic rings. The summed E-state index contributed by atoms with van der Waals surface area (Å²) in [6.45, 7) is 0.974. The summed E-state index contributed by atoms with van der Waals surface area (Å²) >= 11 is 0. The molecule has 1 fully saturated rings. The second-order valence-electron chi connectivity index (χ2n) is 13.7. The molecule has 1 saturated heterocycles. The Labute approximate surface area is 325 Å². The predicted molar refractivity (Wildman–Crippen MR) is 200 cm³/mol. The molecule has 298 valence electrons. The lowest BCUT2D eigenvalue weighted by molar-refractivity contribution is -0.371. The fraction of sp³-hybridized carbons (Fsp3) is 0.286. The van der Waals surface area contributed by atoms with Crippen LogP contribution in [0.15, 0.2) is 54.6 Å². The number of aliphatic hydroxyl groups is 7. The molecule has 0 saturated carbocycles. The first-order chi connectivity index (χ1) is 27.2. The average molecular weight is 785 g/mol. The third kappa shape index (κ3) is 7.62. The van der Waals surface area contributed by atoms with Gasteiger partial charge in [0, 0.05) is 53.3 Å². The average Bonchev–Trinajstić information content (AvgIpc) is 3.18. The summed E-state index contributed by atoms with van der Waals surface area (Å²) in [5, 5.41) is 84.0. The number of carbonyl (C=O) groups excluding carboxylic acids is 4. The lowest BCUT2D eigenvalue weighted by Crippen LogP contribution is -2.67. The van der Waals surface area contributed by atoms with Gasteiger partial charge in [0.2, 0.25) is 12.1 Å². The summed E-state index contributed by atoms with van der Waals surface area (Å²) in [6, 6.07) is 13.9. The lowest BCUT2D eigenvalue weighted by Gasteiger charge is -2.44. The Bertz CT molecular complexity index is 2290. The van der Waals surface area contributed by atoms with E-state index in [-0.39, 0.29) is 63.3 Å². The normalized spacial score (nSPS) is 19.9. The monoisotopic (exact) mass is 784 g/mol. The molecule has 0 spiro atoms. The van der Waals surface area contributed by atoms with Crippen molar-refractivity contribution in [2.45, 2.75) is 70.3 Å². The SMILES string of the molecule is CC(=O)Oc1cc(CO)c2c(c1/C=C/c1cccc(CCO)c1)C(=O)c1cc(O[C@H]3O[C@@H](C)[C@@H](O)C(O)(O)[C@H]3O)c(Cc3cccc(CO)c3C=O)c(O)c1C2=O. The Hall–Kier alpha value is -5.62. The van der Waals surface area contributed by atoms with Gasteiger partial charge in [-0.1, -0.05) is 48.5 Å². The van der Waals surface area contributed by atoms with Gasteiger partial charge < -0.3 is 55.1 Å². The molecule has 8 N–H and O–H groups in total. The van der Waals surface area contributed by atoms with E-state index in [1.165, 1.54) is 37.3 Å². The molecular weight excluding hydrogens is 744 g/mol. The van der Waals surface area contributed by atoms with Gasteiger partial charge in [-0.15, -0.1) is 0 Å². The van der Waals surface area contributed by atoms with Crippen molar-refractivity contribution in [2.75, 3.05) is 6.61 Å². The molecule has 4 aromatic carbocycles. The molecule has 4 aromatic rings. The molecule has 4 atom stereocenters. The lowest BCUT2D eigenvalue weighted by atomic mass is 9.77. The minimum atomic E-state index is -3.14. The summed E-state index contributed by atoms with van der Waals surface area (Å²) in [5.41, 5.74) is 0.0108. The van der Waals surface area contributed by atoms with Crippen molar-refractivity contribution in [1.82, 2.24) is 0 Å². The van der Waals surface area contributed by atoms with E-state index < -0.39 is 83.8 Å². The van der Waals surface area contributed by atoms with E-state index in [9.17, 15) is 60.0 Å². The molecule has 0 bridgehead atoms. The van der Waals surface area contributed by atoms with Crippen molar-refractivity contribution in [3.05, 3.63) is 121 Å². The van der Waals surface area contributed by atoms with Crippen LogP contribution in [0.4, 0.5) is 0 Å². The Kier molecular flexibility index (Phi) is 11.9. The fourth-order valence-corrected chi connectivity index (χ4v) is 7.14. The second-order valence-corrected chi connectivity index (χ2v) is 13.7. The predicted octanol–water partition coefficient (Wildman–Crippen LogP) is 1.71. The van der Waals surface area contributed by atoms with Crippen LogP contribution in [0.3, 0.4) is 0 Å². The Morgan fingerprint density at radius 2 is 1.54 bits per heavy atom. The van der Waals surface area contributed by atoms with Crippen molar-refractivity contribution in [3.63, 3.8) is 0 Å². The van der Waals surface area contributed by atoms with Crippen LogP contribution >= 0.6 is 0 Å². The first-order valence-corrected chi connectivity index (χ1v) is 17.8. The highest BCUT2D eigenvalue weighted by atomic mass is 16.7. The number of aliphatic hydroxyl groups excluding tert-OH is 5. The zero-order chi connectivity index (χ0) is 41.3. The molecule has 6 rings (SSSR count). The van der Waals surface area contributed by atoms with Crippen molar-refractivity contribution in [3.8, 4) is 17.2 Å². The van der Waals surface area contributed by atoms with Gasteiger partial charge in [-0.05, 0) is 59.4 Å². The van der Waals surface area contributed by atoms with Crippen molar-refractivity contribution in [2.24, 2.45) is 0 Å². The van der Waals surface area contributed by atoms with E-state index in [1.807, 2.05) is 0 Å². The minimum absolute atomic E-state index is 0.0318. The topological polar surface area (TPSA) is 258 Å². The van der Waals surface area contributed by atoms with Crippen molar-refractivity contribution >= 4 is 36.0 Å². The molecule has 0 unspecified atom stereocenters. The smallest absolute Gasteiger partial charge is 0.308 e. The van der Waals surface area contributed by atoms with Gasteiger partial charge in [0.05, 0.1) is 24.9 Å². The summed E-state index contributed by atoms with van der Waals surface area (Å²) in [5.74, 6) is -7.13. The number of rotatable bonds is 12. The molecule has 57 heavy (non-hydrogen) atoms. The van der Waals surface area contributed by atoms with Gasteiger partial charge in [0.1, 0.15) is 23.4 Å². The third-order valence-electron chi connectivity index (χ3n) is 10.0. The second kappa shape index (κ2) is 16.5. The quantitative estimate of drug-likeness (QED) is 0.0295. The van der Waals surface area contributed by atoms with Crippen LogP contribution in [0.1, 0.15) is 95.0 Å². The van der Waals surface area contributed by atoms with Crippen LogP contribution in [0.25, 0.3) is 12.2 Å². The van der Waals surface area contributed by atoms with Gasteiger partial charge in [0.15, 0.2) is 24.0 Å². The van der Waals surface area contributed by atoms with E-state index in [0.717, 1.165) is 18.6 Å². The highest BCUT2D eigenvalue weighted by Gasteiger charge is 2.54. The number of hydrogen-bond donors (Lipinski definition) is 8. The van der Waals surface area contributed by atoms with Gasteiger partial charge in [-0.2, -0.15) is 0 Å². The molecule has 0 amide bonds. The molecule has 1 aliphatic carbocycles. The summed E-state index contributed by atoms with van der Waals surface area (Å²) in [6.07, 6.45) is -4.07. The maximum absolute atomic E-state index is 14.8. The Morgan fingerprint density at radius 1 is 0.842 bits per heavy atom. The fourth-order valence-electron chi connectivity index (χ4n) is 7.14. The molecule has 1 aliphatic heterocycles. The molecular formula is C42H40O15. The Balaban J connectivity index is 1.58. The number of carbonyl (C=O) groups is 4. The van der Waals surface area contributed by atoms with E-state index in [1.54, 1.807) is 30.3 Å². The minimum Gasteiger partial charge on any atom is -0.507 e. The van der Waals surface area contributed by atoms with Crippen LogP contribution in [-0.2, 0) is 35.6 Å². The first-order valence-electron chi connectivity index (χ1n) is 17.8. The molecule has 15 nitrogen and oxygen atoms in total. The van der Waals surface area contributed by atoms with Gasteiger partial charge >= 0.3 is 5.97 Å². The number of esters is 1. The number of fused-ring (bicyclic) bond motifs is 2. The Morgan fingerprint density at radius 3 is 2.21 bits per heavy atom. The number of ether oxygens (including phenoxy) is 3. The van der Waals surface area contributed by atoms with Gasteiger partial charge in [-0.25, -0.2) is 0 Å². The van der Waals surface area contributed by atoms with Crippen LogP contribution in [-0.4, -0.2) is 102 Å². The standard InChI is InChI=1S/C42H40O15/c1-20-39(51)42(53,54)40(52)41(55-20)57-32-16-29-35(36(48)28(32)14-24-7-4-8-25(17-44)30(24)19-46)38(50)33-26(18-45)15-31(56-21(2)47)27(34(33)37(29)49)10-9-22-5-3-6-23(13-22)11-12-43/h3-10,13,15-16,19-20,39-41,43-45,48,51-54H,11-12,14,17-18H2,1-2H3/b10-9+/t20-,39+,40-,41+/m0/s1. The summed E-state index contributed by atoms with van der Waals surface area (Å²) in [7, 11) is 0. The third-order valence-corrected chi connectivity index (χ3v) is 10.0. The zero-order valence-corrected chi connectivity index (χ0v) is 30.7. The number of aromatic hydroxyl groups is 1. The first kappa shape index (κ1) is 41.0. The van der Waals surface area contributed by atoms with Crippen molar-refractivity contribution < 1.29 is 74.2 Å². The van der Waals surface area contributed by atoms with Crippen LogP contribution in [0, 0.1) is 0 Å². The van der Waals surface area contributed by atoms with E-state index in [2.05, 4.69) is 0 Å². The molecule has 0 radical (unpaired) electrons. The summed E-state index contributed by atoms with van der Waals surface area (Å²) < 4.78 is 17.0. The molecule has 15 heteroatoms. The number of aldehydes is 1. The highest BCUT2D eigenvalue weighted by molar-refractivity contribution is 6.31. The number of hydrogen-bond acceptors (Lipinski definition) is 15. The van der Waals surface area contributed by atoms with Crippen LogP contribution in [0.5, 0.6) is 17.2 Å². The maximum Gasteiger partial charge on any atom is 0.308 e. The van der Waals surface area contributed by atoms with E-state index in [0.29, 0.717) is 18.3 Å². The van der Waals surface area contributed by atoms with Crippen LogP contribution < -0.4 is 9.47 Å². The van der Waals surface area contributed by atoms with Gasteiger partial charge in [-0.3, -0.25) is 19.2 Å². The highest BCUT2D eigenvalue weighted by Crippen LogP contribution is 2.45. The van der Waals surface area contributed by atoms with Gasteiger partial charge in [0.25, 0.3) is 0 Å². The van der Waals surface area contributed by atoms with Crippen LogP contribution in [0.2, 0.25) is 0 Å². The molecule has 1 heterocycles. The largest absolute Gasteiger partial charge is 0.507 e. The number of phenols is 1. The van der Waals surface area contributed by atoms with E-state index in [4.69, 9.17) is 14.2 Å². The number of benzene rings is 4. The molecule has 0 aromatic heterocycles. The number of phenolic OH excluding ortho intramolecular Hbond substituents is 1. The number of ketones is 2. The maximum atomic E-state index is 14.8. The van der Waals surface area contributed by atoms with E-state index >= 15 is 0 Å².